The van der Waals surface area contributed by atoms with Crippen LogP contribution in [-0.4, -0.2) is 168 Å². The maximum absolute atomic E-state index is 11.6. The molecule has 0 aliphatic carbocycles. The van der Waals surface area contributed by atoms with Crippen molar-refractivity contribution in [3.63, 3.8) is 0 Å². The molecule has 0 fully saturated rings. The molecule has 0 saturated heterocycles. The number of carbonyl (C=O) groups is 6. The van der Waals surface area contributed by atoms with Gasteiger partial charge in [0.2, 0.25) is 0 Å². The summed E-state index contributed by atoms with van der Waals surface area (Å²) in [4.78, 5) is 66.9. The van der Waals surface area contributed by atoms with Gasteiger partial charge in [-0.3, -0.25) is 0 Å². The summed E-state index contributed by atoms with van der Waals surface area (Å²) < 4.78 is 57.4. The van der Waals surface area contributed by atoms with E-state index < -0.39 is 71.5 Å². The molecule has 3 radical (unpaired) electrons. The average molecular weight is 1060 g/mol. The first kappa shape index (κ1) is 68.0. The van der Waals surface area contributed by atoms with Crippen LogP contribution in [0, 0.1) is 0 Å². The SMILES string of the molecule is COC(=O)OCC(C)OC(C)(C)C(=O)OCCO.COC(=O)OCC(C)OC(C)(C)C(=O)OCCO.COC(=O)OCC(C)OC(C)(C)C(=O)OCCO.[Y].[Y].[Y]. The fourth-order valence-corrected chi connectivity index (χ4v) is 3.42. The molecule has 0 saturated carbocycles. The Labute approximate surface area is 409 Å². The molecule has 0 rings (SSSR count). The summed E-state index contributed by atoms with van der Waals surface area (Å²) >= 11 is 0. The number of aliphatic hydroxyl groups is 3. The number of carbonyl (C=O) groups excluding carboxylic acids is 6. The Morgan fingerprint density at radius 3 is 0.772 bits per heavy atom. The van der Waals surface area contributed by atoms with E-state index in [9.17, 15) is 28.8 Å². The van der Waals surface area contributed by atoms with Gasteiger partial charge in [0, 0.05) is 98.1 Å². The van der Waals surface area contributed by atoms with Gasteiger partial charge in [0.1, 0.15) is 39.6 Å². The number of methoxy groups -OCH3 is 3. The van der Waals surface area contributed by atoms with Crippen LogP contribution in [0.5, 0.6) is 0 Å². The Morgan fingerprint density at radius 1 is 0.421 bits per heavy atom. The van der Waals surface area contributed by atoms with E-state index in [4.69, 9.17) is 43.7 Å². The second kappa shape index (κ2) is 38.2. The smallest absolute Gasteiger partial charge is 0.461 e. The predicted molar refractivity (Wildman–Crippen MR) is 183 cm³/mol. The standard InChI is InChI=1S/3C11H20O7.3Y/c3*1-8(7-17-10(14)15-4)18-11(2,3)9(13)16-6-5-12;;;/h3*8,12H,5-7H2,1-4H3;;;. The Kier molecular flexibility index (Phi) is 45.6. The summed E-state index contributed by atoms with van der Waals surface area (Å²) in [6, 6.07) is 0. The molecule has 57 heavy (non-hydrogen) atoms. The van der Waals surface area contributed by atoms with E-state index >= 15 is 0 Å². The third-order valence-electron chi connectivity index (χ3n) is 5.74. The van der Waals surface area contributed by atoms with Crippen LogP contribution in [0.3, 0.4) is 0 Å². The summed E-state index contributed by atoms with van der Waals surface area (Å²) in [5.41, 5.74) is -3.56. The van der Waals surface area contributed by atoms with E-state index in [-0.39, 0.29) is 158 Å². The summed E-state index contributed by atoms with van der Waals surface area (Å²) in [5.74, 6) is -1.79. The number of aliphatic hydroxyl groups excluding tert-OH is 3. The number of hydrogen-bond acceptors (Lipinski definition) is 21. The van der Waals surface area contributed by atoms with Crippen LogP contribution in [0.2, 0.25) is 0 Å². The van der Waals surface area contributed by atoms with E-state index in [1.165, 1.54) is 62.9 Å². The van der Waals surface area contributed by atoms with E-state index in [0.29, 0.717) is 0 Å². The molecule has 0 amide bonds. The first-order valence-corrected chi connectivity index (χ1v) is 16.5. The topological polar surface area (TPSA) is 274 Å². The maximum Gasteiger partial charge on any atom is 0.508 e. The van der Waals surface area contributed by atoms with Gasteiger partial charge in [-0.05, 0) is 62.3 Å². The van der Waals surface area contributed by atoms with Gasteiger partial charge >= 0.3 is 36.4 Å². The molecule has 0 spiro atoms. The molecule has 0 bridgehead atoms. The Morgan fingerprint density at radius 2 is 0.614 bits per heavy atom. The van der Waals surface area contributed by atoms with Crippen molar-refractivity contribution in [3.05, 3.63) is 0 Å². The normalized spacial score (nSPS) is 12.1. The van der Waals surface area contributed by atoms with Gasteiger partial charge in [-0.25, -0.2) is 28.8 Å². The van der Waals surface area contributed by atoms with Crippen molar-refractivity contribution in [1.29, 1.82) is 0 Å². The zero-order valence-corrected chi connectivity index (χ0v) is 43.5. The van der Waals surface area contributed by atoms with Crippen LogP contribution < -0.4 is 0 Å². The van der Waals surface area contributed by atoms with Gasteiger partial charge in [-0.2, -0.15) is 0 Å². The fraction of sp³-hybridized carbons (Fsp3) is 0.818. The Hall–Kier alpha value is -0.708. The molecule has 3 atom stereocenters. The van der Waals surface area contributed by atoms with Crippen molar-refractivity contribution in [3.8, 4) is 0 Å². The molecule has 0 aromatic rings. The monoisotopic (exact) mass is 1060 g/mol. The van der Waals surface area contributed by atoms with Crippen molar-refractivity contribution in [2.24, 2.45) is 0 Å². The summed E-state index contributed by atoms with van der Waals surface area (Å²) in [5, 5.41) is 25.6. The van der Waals surface area contributed by atoms with Crippen LogP contribution in [-0.2, 0) is 169 Å². The largest absolute Gasteiger partial charge is 0.508 e. The number of rotatable bonds is 21. The van der Waals surface area contributed by atoms with Crippen molar-refractivity contribution in [2.75, 3.05) is 80.8 Å². The average Bonchev–Trinajstić information content (AvgIpc) is 3.11. The van der Waals surface area contributed by atoms with E-state index in [0.717, 1.165) is 0 Å². The first-order chi connectivity index (χ1) is 25.0. The van der Waals surface area contributed by atoms with Gasteiger partial charge in [0.05, 0.1) is 59.5 Å². The van der Waals surface area contributed by atoms with E-state index in [2.05, 4.69) is 28.4 Å². The van der Waals surface area contributed by atoms with Crippen molar-refractivity contribution in [1.82, 2.24) is 0 Å². The minimum Gasteiger partial charge on any atom is -0.461 e. The molecule has 21 nitrogen and oxygen atoms in total. The number of esters is 3. The summed E-state index contributed by atoms with van der Waals surface area (Å²) in [6.07, 6.45) is -3.94. The first-order valence-electron chi connectivity index (χ1n) is 16.5. The second-order valence-electron chi connectivity index (χ2n) is 12.2. The predicted octanol–water partition coefficient (Wildman–Crippen LogP) is 1.46. The minimum absolute atomic E-state index is 0. The Balaban J connectivity index is -0.000000167. The quantitative estimate of drug-likeness (QED) is 0.108. The van der Waals surface area contributed by atoms with Crippen LogP contribution in [0.15, 0.2) is 0 Å². The van der Waals surface area contributed by atoms with Crippen molar-refractivity contribution < 1.29 is 199 Å². The molecule has 0 aliphatic heterocycles. The molecule has 0 aromatic carbocycles. The van der Waals surface area contributed by atoms with Crippen LogP contribution in [0.25, 0.3) is 0 Å². The second-order valence-corrected chi connectivity index (χ2v) is 12.2. The molecule has 0 aromatic heterocycles. The van der Waals surface area contributed by atoms with Crippen LogP contribution in [0.4, 0.5) is 14.4 Å². The minimum atomic E-state index is -1.19. The molecule has 0 heterocycles. The summed E-state index contributed by atoms with van der Waals surface area (Å²) in [6.45, 7) is 13.0. The van der Waals surface area contributed by atoms with Crippen LogP contribution >= 0.6 is 0 Å². The third-order valence-corrected chi connectivity index (χ3v) is 5.74. The van der Waals surface area contributed by atoms with Gasteiger partial charge < -0.3 is 72.2 Å². The number of ether oxygens (including phenoxy) is 12. The van der Waals surface area contributed by atoms with Gasteiger partial charge in [-0.15, -0.1) is 0 Å². The molecule has 0 aliphatic rings. The summed E-state index contributed by atoms with van der Waals surface area (Å²) in [7, 11) is 3.60. The zero-order chi connectivity index (χ0) is 42.5. The molecular formula is C33H60O21Y3. The molecular weight excluding hydrogens is 999 g/mol. The van der Waals surface area contributed by atoms with Gasteiger partial charge in [0.15, 0.2) is 16.8 Å². The van der Waals surface area contributed by atoms with Crippen LogP contribution in [0.1, 0.15) is 62.3 Å². The molecule has 3 N–H and O–H groups in total. The number of hydrogen-bond donors (Lipinski definition) is 3. The third kappa shape index (κ3) is 36.8. The molecule has 24 heteroatoms. The van der Waals surface area contributed by atoms with Gasteiger partial charge in [-0.1, -0.05) is 0 Å². The van der Waals surface area contributed by atoms with E-state index in [1.54, 1.807) is 20.8 Å². The molecule has 3 unspecified atom stereocenters. The zero-order valence-electron chi connectivity index (χ0n) is 35.0. The van der Waals surface area contributed by atoms with Crippen molar-refractivity contribution >= 4 is 36.4 Å². The van der Waals surface area contributed by atoms with Gasteiger partial charge in [0.25, 0.3) is 0 Å². The fourth-order valence-electron chi connectivity index (χ4n) is 3.42. The maximum atomic E-state index is 11.6. The van der Waals surface area contributed by atoms with E-state index in [1.807, 2.05) is 0 Å². The molecule has 327 valence electrons. The van der Waals surface area contributed by atoms with Crippen molar-refractivity contribution in [2.45, 2.75) is 97.4 Å². The Bertz CT molecular complexity index is 974.